The molecule has 2 aromatic carbocycles. The first-order valence-electron chi connectivity index (χ1n) is 11.2. The van der Waals surface area contributed by atoms with Crippen LogP contribution in [0.1, 0.15) is 30.3 Å². The number of halogens is 1. The van der Waals surface area contributed by atoms with Crippen molar-refractivity contribution in [2.75, 3.05) is 29.2 Å². The van der Waals surface area contributed by atoms with Crippen molar-refractivity contribution >= 4 is 38.3 Å². The Morgan fingerprint density at radius 2 is 1.86 bits per heavy atom. The lowest BCUT2D eigenvalue weighted by Crippen LogP contribution is -2.33. The average Bonchev–Trinajstić information content (AvgIpc) is 3.33. The molecular weight excluding hydrogens is 499 g/mol. The molecule has 1 saturated heterocycles. The van der Waals surface area contributed by atoms with E-state index in [9.17, 15) is 18.5 Å². The minimum atomic E-state index is -3.80. The fraction of sp³-hybridized carbons (Fsp3) is 0.208. The van der Waals surface area contributed by atoms with E-state index in [0.717, 1.165) is 10.8 Å². The van der Waals surface area contributed by atoms with E-state index in [-0.39, 0.29) is 50.5 Å². The predicted molar refractivity (Wildman–Crippen MR) is 135 cm³/mol. The molecule has 1 fully saturated rings. The van der Waals surface area contributed by atoms with Crippen LogP contribution in [0.3, 0.4) is 0 Å². The van der Waals surface area contributed by atoms with E-state index in [1.54, 1.807) is 11.0 Å². The first-order valence-corrected chi connectivity index (χ1v) is 13.1. The van der Waals surface area contributed by atoms with Crippen molar-refractivity contribution in [2.24, 2.45) is 0 Å². The van der Waals surface area contributed by atoms with Crippen molar-refractivity contribution in [1.82, 2.24) is 19.5 Å². The molecule has 188 valence electrons. The smallest absolute Gasteiger partial charge is 0.267 e. The third kappa shape index (κ3) is 4.01. The molecule has 0 aliphatic carbocycles. The summed E-state index contributed by atoms with van der Waals surface area (Å²) in [6, 6.07) is 11.4. The molecule has 1 atom stereocenters. The van der Waals surface area contributed by atoms with E-state index in [0.29, 0.717) is 19.4 Å². The molecule has 1 aliphatic heterocycles. The zero-order valence-corrected chi connectivity index (χ0v) is 20.4. The van der Waals surface area contributed by atoms with Crippen molar-refractivity contribution in [2.45, 2.75) is 23.8 Å². The van der Waals surface area contributed by atoms with Crippen LogP contribution in [0.5, 0.6) is 0 Å². The lowest BCUT2D eigenvalue weighted by Gasteiger charge is -2.28. The number of hydrogen-bond acceptors (Lipinski definition) is 10. The molecule has 1 unspecified atom stereocenters. The zero-order valence-electron chi connectivity index (χ0n) is 19.6. The van der Waals surface area contributed by atoms with Gasteiger partial charge in [-0.1, -0.05) is 18.2 Å². The van der Waals surface area contributed by atoms with Gasteiger partial charge in [-0.25, -0.2) is 17.8 Å². The Morgan fingerprint density at radius 1 is 1.11 bits per heavy atom. The molecule has 13 heteroatoms. The summed E-state index contributed by atoms with van der Waals surface area (Å²) in [7, 11) is -3.80. The van der Waals surface area contributed by atoms with Crippen LogP contribution in [0.15, 0.2) is 52.2 Å². The summed E-state index contributed by atoms with van der Waals surface area (Å²) in [5.74, 6) is -0.583. The van der Waals surface area contributed by atoms with Gasteiger partial charge in [0.15, 0.2) is 15.7 Å². The Labute approximate surface area is 210 Å². The van der Waals surface area contributed by atoms with E-state index in [1.165, 1.54) is 36.4 Å². The molecule has 0 bridgehead atoms. The van der Waals surface area contributed by atoms with Crippen LogP contribution < -0.4 is 21.9 Å². The number of benzene rings is 2. The standard InChI is InChI=1S/C24H21FN8O3S/c1-37(35,36)18-10-4-7-15-19(18)23(34)33(16-8-3-2-6-14(16)25)22(29-15)17-9-5-11-32(17)21-13(12-26)20(27)30-24(28)31-21/h2-4,6-8,10,17H,5,9,11H2,1H3,(H4,27,28,30,31). The lowest BCUT2D eigenvalue weighted by molar-refractivity contribution is 0.591. The van der Waals surface area contributed by atoms with Gasteiger partial charge in [-0.05, 0) is 37.1 Å². The van der Waals surface area contributed by atoms with Crippen LogP contribution >= 0.6 is 0 Å². The summed E-state index contributed by atoms with van der Waals surface area (Å²) in [4.78, 5) is 28.3. The molecule has 37 heavy (non-hydrogen) atoms. The van der Waals surface area contributed by atoms with Crippen molar-refractivity contribution in [3.63, 3.8) is 0 Å². The number of sulfone groups is 1. The van der Waals surface area contributed by atoms with Gasteiger partial charge in [-0.2, -0.15) is 15.2 Å². The molecule has 0 amide bonds. The van der Waals surface area contributed by atoms with Gasteiger partial charge < -0.3 is 16.4 Å². The highest BCUT2D eigenvalue weighted by Crippen LogP contribution is 2.38. The van der Waals surface area contributed by atoms with Crippen LogP contribution in [0.2, 0.25) is 0 Å². The second-order valence-corrected chi connectivity index (χ2v) is 10.6. The maximum absolute atomic E-state index is 15.1. The second kappa shape index (κ2) is 8.82. The first-order chi connectivity index (χ1) is 17.6. The lowest BCUT2D eigenvalue weighted by atomic mass is 10.1. The summed E-state index contributed by atoms with van der Waals surface area (Å²) in [6.45, 7) is 0.420. The molecular formula is C24H21FN8O3S. The van der Waals surface area contributed by atoms with E-state index >= 15 is 4.39 Å². The van der Waals surface area contributed by atoms with Crippen LogP contribution in [0.25, 0.3) is 16.6 Å². The van der Waals surface area contributed by atoms with Gasteiger partial charge in [0.25, 0.3) is 5.56 Å². The zero-order chi connectivity index (χ0) is 26.5. The van der Waals surface area contributed by atoms with Gasteiger partial charge in [0.2, 0.25) is 5.95 Å². The second-order valence-electron chi connectivity index (χ2n) is 8.61. The maximum atomic E-state index is 15.1. The summed E-state index contributed by atoms with van der Waals surface area (Å²) < 4.78 is 41.2. The number of nitriles is 1. The highest BCUT2D eigenvalue weighted by molar-refractivity contribution is 7.91. The molecule has 1 aliphatic rings. The number of nitrogens with two attached hydrogens (primary N) is 2. The maximum Gasteiger partial charge on any atom is 0.267 e. The minimum absolute atomic E-state index is 0.0149. The molecule has 3 heterocycles. The molecule has 2 aromatic heterocycles. The molecule has 4 aromatic rings. The Bertz CT molecular complexity index is 1780. The average molecular weight is 521 g/mol. The molecule has 0 radical (unpaired) electrons. The SMILES string of the molecule is CS(=O)(=O)c1cccc2nc(C3CCCN3c3nc(N)nc(N)c3C#N)n(-c3ccccc3F)c(=O)c12. The van der Waals surface area contributed by atoms with Crippen molar-refractivity contribution in [3.8, 4) is 11.8 Å². The van der Waals surface area contributed by atoms with E-state index < -0.39 is 27.3 Å². The predicted octanol–water partition coefficient (Wildman–Crippen LogP) is 2.10. The number of nitrogen functional groups attached to an aromatic ring is 2. The Hall–Kier alpha value is -4.57. The van der Waals surface area contributed by atoms with Crippen LogP contribution in [0.4, 0.5) is 22.0 Å². The van der Waals surface area contributed by atoms with E-state index in [1.807, 2.05) is 6.07 Å². The van der Waals surface area contributed by atoms with Gasteiger partial charge in [0.1, 0.15) is 29.1 Å². The number of hydrogen-bond donors (Lipinski definition) is 2. The van der Waals surface area contributed by atoms with Gasteiger partial charge in [-0.3, -0.25) is 9.36 Å². The molecule has 11 nitrogen and oxygen atoms in total. The van der Waals surface area contributed by atoms with Crippen molar-refractivity contribution in [3.05, 3.63) is 70.0 Å². The first kappa shape index (κ1) is 24.1. The van der Waals surface area contributed by atoms with Crippen molar-refractivity contribution in [1.29, 1.82) is 5.26 Å². The van der Waals surface area contributed by atoms with Gasteiger partial charge >= 0.3 is 0 Å². The number of aromatic nitrogens is 4. The minimum Gasteiger partial charge on any atom is -0.382 e. The number of rotatable bonds is 4. The number of fused-ring (bicyclic) bond motifs is 1. The Kier molecular flexibility index (Phi) is 5.76. The third-order valence-electron chi connectivity index (χ3n) is 6.25. The van der Waals surface area contributed by atoms with Crippen molar-refractivity contribution < 1.29 is 12.8 Å². The normalized spacial score (nSPS) is 15.7. The van der Waals surface area contributed by atoms with Gasteiger partial charge in [0.05, 0.1) is 27.5 Å². The summed E-state index contributed by atoms with van der Waals surface area (Å²) in [5.41, 5.74) is 11.1. The van der Waals surface area contributed by atoms with Crippen LogP contribution in [-0.4, -0.2) is 40.7 Å². The quantitative estimate of drug-likeness (QED) is 0.405. The largest absolute Gasteiger partial charge is 0.382 e. The van der Waals surface area contributed by atoms with Crippen LogP contribution in [-0.2, 0) is 9.84 Å². The summed E-state index contributed by atoms with van der Waals surface area (Å²) in [5, 5.41) is 9.57. The van der Waals surface area contributed by atoms with E-state index in [4.69, 9.17) is 11.5 Å². The fourth-order valence-electron chi connectivity index (χ4n) is 4.70. The number of nitrogens with zero attached hydrogens (tertiary/aromatic N) is 6. The summed E-state index contributed by atoms with van der Waals surface area (Å²) >= 11 is 0. The van der Waals surface area contributed by atoms with Gasteiger partial charge in [0, 0.05) is 12.8 Å². The van der Waals surface area contributed by atoms with Gasteiger partial charge in [-0.15, -0.1) is 0 Å². The highest BCUT2D eigenvalue weighted by atomic mass is 32.2. The molecule has 5 rings (SSSR count). The monoisotopic (exact) mass is 520 g/mol. The molecule has 4 N–H and O–H groups in total. The highest BCUT2D eigenvalue weighted by Gasteiger charge is 2.35. The van der Waals surface area contributed by atoms with E-state index in [2.05, 4.69) is 15.0 Å². The Balaban J connectivity index is 1.85. The summed E-state index contributed by atoms with van der Waals surface area (Å²) in [6.07, 6.45) is 2.11. The number of anilines is 3. The van der Waals surface area contributed by atoms with Crippen LogP contribution in [0, 0.1) is 17.1 Å². The third-order valence-corrected chi connectivity index (χ3v) is 7.39. The molecule has 0 spiro atoms. The topological polar surface area (TPSA) is 174 Å². The fourth-order valence-corrected chi connectivity index (χ4v) is 5.59. The Morgan fingerprint density at radius 3 is 2.57 bits per heavy atom. The molecule has 0 saturated carbocycles. The number of para-hydroxylation sites is 1.